The molecule has 0 bridgehead atoms. The number of nitrogens with zero attached hydrogens (tertiary/aromatic N) is 1. The Balaban J connectivity index is 1.74. The Labute approximate surface area is 120 Å². The van der Waals surface area contributed by atoms with Crippen molar-refractivity contribution in [2.45, 2.75) is 43.7 Å². The molecule has 1 unspecified atom stereocenters. The van der Waals surface area contributed by atoms with Gasteiger partial charge in [0.25, 0.3) is 0 Å². The van der Waals surface area contributed by atoms with E-state index in [9.17, 15) is 18.3 Å². The van der Waals surface area contributed by atoms with Gasteiger partial charge in [-0.1, -0.05) is 12.8 Å². The van der Waals surface area contributed by atoms with Crippen molar-refractivity contribution >= 4 is 15.7 Å². The van der Waals surface area contributed by atoms with Gasteiger partial charge in [-0.2, -0.15) is 0 Å². The molecule has 1 aliphatic carbocycles. The second-order valence-corrected chi connectivity index (χ2v) is 8.50. The predicted octanol–water partition coefficient (Wildman–Crippen LogP) is -0.473. The topological polar surface area (TPSA) is 86.7 Å². The number of hydrogen-bond acceptors (Lipinski definition) is 5. The smallest absolute Gasteiger partial charge is 0.234 e. The molecular weight excluding hydrogens is 280 g/mol. The molecule has 2 rings (SSSR count). The van der Waals surface area contributed by atoms with Crippen LogP contribution in [0.25, 0.3) is 0 Å². The fourth-order valence-corrected chi connectivity index (χ4v) is 4.85. The zero-order chi connectivity index (χ0) is 14.8. The first-order chi connectivity index (χ1) is 9.28. The summed E-state index contributed by atoms with van der Waals surface area (Å²) in [5.74, 6) is 0.0381. The van der Waals surface area contributed by atoms with Crippen molar-refractivity contribution in [1.29, 1.82) is 0 Å². The monoisotopic (exact) mass is 304 g/mol. The minimum Gasteiger partial charge on any atom is -0.389 e. The Bertz CT molecular complexity index is 457. The standard InChI is InChI=1S/C13H24N2O4S/c1-15(10-13(17)5-2-3-6-13)8-12(16)14-11-4-7-20(18,19)9-11/h11,17H,2-10H2,1H3,(H,14,16). The van der Waals surface area contributed by atoms with Gasteiger partial charge in [-0.15, -0.1) is 0 Å². The van der Waals surface area contributed by atoms with E-state index in [0.29, 0.717) is 13.0 Å². The van der Waals surface area contributed by atoms with Gasteiger partial charge in [0, 0.05) is 12.6 Å². The van der Waals surface area contributed by atoms with Crippen molar-refractivity contribution in [3.63, 3.8) is 0 Å². The van der Waals surface area contributed by atoms with E-state index in [2.05, 4.69) is 5.32 Å². The highest BCUT2D eigenvalue weighted by atomic mass is 32.2. The molecule has 0 aromatic rings. The largest absolute Gasteiger partial charge is 0.389 e. The summed E-state index contributed by atoms with van der Waals surface area (Å²) in [5.41, 5.74) is -0.661. The Morgan fingerprint density at radius 1 is 1.40 bits per heavy atom. The molecule has 6 nitrogen and oxygen atoms in total. The second kappa shape index (κ2) is 5.99. The van der Waals surface area contributed by atoms with Crippen LogP contribution in [0.3, 0.4) is 0 Å². The summed E-state index contributed by atoms with van der Waals surface area (Å²) in [7, 11) is -1.16. The summed E-state index contributed by atoms with van der Waals surface area (Å²) in [4.78, 5) is 13.7. The molecule has 1 saturated carbocycles. The highest BCUT2D eigenvalue weighted by Gasteiger charge is 2.33. The third-order valence-corrected chi connectivity index (χ3v) is 5.88. The number of sulfone groups is 1. The first-order valence-electron chi connectivity index (χ1n) is 7.19. The van der Waals surface area contributed by atoms with Gasteiger partial charge < -0.3 is 10.4 Å². The van der Waals surface area contributed by atoms with E-state index in [-0.39, 0.29) is 30.0 Å². The third-order valence-electron chi connectivity index (χ3n) is 4.11. The molecule has 1 aliphatic heterocycles. The normalized spacial score (nSPS) is 27.9. The van der Waals surface area contributed by atoms with Crippen LogP contribution in [-0.2, 0) is 14.6 Å². The molecule has 1 heterocycles. The third kappa shape index (κ3) is 4.43. The number of carbonyl (C=O) groups excluding carboxylic acids is 1. The SMILES string of the molecule is CN(CC(=O)NC1CCS(=O)(=O)C1)CC1(O)CCCC1. The van der Waals surface area contributed by atoms with Crippen LogP contribution in [0.1, 0.15) is 32.1 Å². The van der Waals surface area contributed by atoms with Crippen molar-refractivity contribution in [1.82, 2.24) is 10.2 Å². The predicted molar refractivity (Wildman–Crippen MR) is 76.1 cm³/mol. The van der Waals surface area contributed by atoms with Crippen LogP contribution in [0, 0.1) is 0 Å². The van der Waals surface area contributed by atoms with Crippen molar-refractivity contribution in [2.24, 2.45) is 0 Å². The fraction of sp³-hybridized carbons (Fsp3) is 0.923. The van der Waals surface area contributed by atoms with E-state index in [1.54, 1.807) is 7.05 Å². The van der Waals surface area contributed by atoms with E-state index in [0.717, 1.165) is 25.7 Å². The first kappa shape index (κ1) is 15.7. The lowest BCUT2D eigenvalue weighted by molar-refractivity contribution is -0.123. The molecule has 1 amide bonds. The fourth-order valence-electron chi connectivity index (χ4n) is 3.18. The molecule has 0 spiro atoms. The summed E-state index contributed by atoms with van der Waals surface area (Å²) >= 11 is 0. The maximum Gasteiger partial charge on any atom is 0.234 e. The summed E-state index contributed by atoms with van der Waals surface area (Å²) in [6.07, 6.45) is 4.16. The van der Waals surface area contributed by atoms with Crippen LogP contribution in [-0.4, -0.2) is 67.6 Å². The Morgan fingerprint density at radius 2 is 2.05 bits per heavy atom. The van der Waals surface area contributed by atoms with Crippen molar-refractivity contribution < 1.29 is 18.3 Å². The van der Waals surface area contributed by atoms with Crippen LogP contribution >= 0.6 is 0 Å². The molecule has 0 radical (unpaired) electrons. The van der Waals surface area contributed by atoms with Crippen molar-refractivity contribution in [2.75, 3.05) is 31.6 Å². The average Bonchev–Trinajstić information content (AvgIpc) is 2.84. The van der Waals surface area contributed by atoms with Gasteiger partial charge in [0.15, 0.2) is 9.84 Å². The molecule has 20 heavy (non-hydrogen) atoms. The van der Waals surface area contributed by atoms with Gasteiger partial charge in [-0.3, -0.25) is 9.69 Å². The number of nitrogens with one attached hydrogen (secondary N) is 1. The zero-order valence-electron chi connectivity index (χ0n) is 12.0. The highest BCUT2D eigenvalue weighted by molar-refractivity contribution is 7.91. The van der Waals surface area contributed by atoms with Gasteiger partial charge in [0.1, 0.15) is 0 Å². The molecule has 2 aliphatic rings. The number of likely N-dealkylation sites (N-methyl/N-ethyl adjacent to an activating group) is 1. The first-order valence-corrected chi connectivity index (χ1v) is 9.01. The van der Waals surface area contributed by atoms with Crippen LogP contribution in [0.15, 0.2) is 0 Å². The number of rotatable bonds is 5. The molecule has 2 fully saturated rings. The van der Waals surface area contributed by atoms with Crippen molar-refractivity contribution in [3.05, 3.63) is 0 Å². The Kier molecular flexibility index (Phi) is 4.71. The van der Waals surface area contributed by atoms with Crippen LogP contribution in [0.2, 0.25) is 0 Å². The number of carbonyl (C=O) groups is 1. The van der Waals surface area contributed by atoms with E-state index >= 15 is 0 Å². The van der Waals surface area contributed by atoms with Crippen LogP contribution in [0.4, 0.5) is 0 Å². The van der Waals surface area contributed by atoms with E-state index in [1.165, 1.54) is 0 Å². The lowest BCUT2D eigenvalue weighted by Gasteiger charge is -2.28. The molecule has 116 valence electrons. The van der Waals surface area contributed by atoms with E-state index < -0.39 is 15.4 Å². The average molecular weight is 304 g/mol. The summed E-state index contributed by atoms with van der Waals surface area (Å²) in [5, 5.41) is 13.0. The van der Waals surface area contributed by atoms with E-state index in [4.69, 9.17) is 0 Å². The minimum atomic E-state index is -2.97. The molecule has 7 heteroatoms. The Morgan fingerprint density at radius 3 is 2.60 bits per heavy atom. The molecule has 0 aromatic heterocycles. The van der Waals surface area contributed by atoms with Gasteiger partial charge in [-0.05, 0) is 26.3 Å². The number of amides is 1. The van der Waals surface area contributed by atoms with Gasteiger partial charge in [0.05, 0.1) is 23.7 Å². The summed E-state index contributed by atoms with van der Waals surface area (Å²) in [6.45, 7) is 0.683. The van der Waals surface area contributed by atoms with Crippen LogP contribution in [0.5, 0.6) is 0 Å². The number of aliphatic hydroxyl groups is 1. The molecular formula is C13H24N2O4S. The number of hydrogen-bond donors (Lipinski definition) is 2. The molecule has 1 saturated heterocycles. The van der Waals surface area contributed by atoms with Crippen molar-refractivity contribution in [3.8, 4) is 0 Å². The summed E-state index contributed by atoms with van der Waals surface area (Å²) < 4.78 is 22.6. The highest BCUT2D eigenvalue weighted by Crippen LogP contribution is 2.29. The zero-order valence-corrected chi connectivity index (χ0v) is 12.8. The minimum absolute atomic E-state index is 0.0480. The van der Waals surface area contributed by atoms with Crippen LogP contribution < -0.4 is 5.32 Å². The van der Waals surface area contributed by atoms with E-state index in [1.807, 2.05) is 4.90 Å². The molecule has 2 N–H and O–H groups in total. The lowest BCUT2D eigenvalue weighted by Crippen LogP contribution is -2.46. The van der Waals surface area contributed by atoms with Gasteiger partial charge in [-0.25, -0.2) is 8.42 Å². The maximum atomic E-state index is 11.9. The lowest BCUT2D eigenvalue weighted by atomic mass is 10.0. The quantitative estimate of drug-likeness (QED) is 0.717. The van der Waals surface area contributed by atoms with Gasteiger partial charge >= 0.3 is 0 Å². The second-order valence-electron chi connectivity index (χ2n) is 6.27. The maximum absolute atomic E-state index is 11.9. The summed E-state index contributed by atoms with van der Waals surface area (Å²) in [6, 6.07) is -0.254. The molecule has 0 aromatic carbocycles. The van der Waals surface area contributed by atoms with Gasteiger partial charge in [0.2, 0.25) is 5.91 Å². The Hall–Kier alpha value is -0.660. The molecule has 1 atom stereocenters.